The molecule has 0 bridgehead atoms. The van der Waals surface area contributed by atoms with Gasteiger partial charge in [-0.05, 0) is 50.3 Å². The summed E-state index contributed by atoms with van der Waals surface area (Å²) in [5, 5.41) is 0. The van der Waals surface area contributed by atoms with E-state index in [0.29, 0.717) is 18.2 Å². The predicted molar refractivity (Wildman–Crippen MR) is 91.6 cm³/mol. The second-order valence-electron chi connectivity index (χ2n) is 6.45. The van der Waals surface area contributed by atoms with Gasteiger partial charge in [-0.3, -0.25) is 4.79 Å². The average Bonchev–Trinajstić information content (AvgIpc) is 3.47. The molecule has 2 aromatic rings. The molecule has 0 N–H and O–H groups in total. The van der Waals surface area contributed by atoms with E-state index in [4.69, 9.17) is 4.74 Å². The van der Waals surface area contributed by atoms with Crippen LogP contribution in [-0.2, 0) is 6.42 Å². The summed E-state index contributed by atoms with van der Waals surface area (Å²) in [6, 6.07) is 7.63. The summed E-state index contributed by atoms with van der Waals surface area (Å²) in [7, 11) is 1.68. The highest BCUT2D eigenvalue weighted by molar-refractivity contribution is 6.05. The van der Waals surface area contributed by atoms with Crippen molar-refractivity contribution in [2.45, 2.75) is 38.0 Å². The number of carbonyl (C=O) groups excluding carboxylic acids is 1. The summed E-state index contributed by atoms with van der Waals surface area (Å²) in [6.07, 6.45) is 6.92. The summed E-state index contributed by atoms with van der Waals surface area (Å²) >= 11 is 0. The number of ether oxygens (including phenoxy) is 1. The Morgan fingerprint density at radius 1 is 1.25 bits per heavy atom. The predicted octanol–water partition coefficient (Wildman–Crippen LogP) is 3.35. The van der Waals surface area contributed by atoms with Gasteiger partial charge in [0.15, 0.2) is 0 Å². The van der Waals surface area contributed by atoms with Crippen LogP contribution in [0.3, 0.4) is 0 Å². The maximum atomic E-state index is 13.1. The molecule has 0 spiro atoms. The first-order valence-electron chi connectivity index (χ1n) is 8.58. The van der Waals surface area contributed by atoms with Gasteiger partial charge in [0.2, 0.25) is 0 Å². The lowest BCUT2D eigenvalue weighted by Crippen LogP contribution is -2.32. The van der Waals surface area contributed by atoms with Gasteiger partial charge in [0.05, 0.1) is 12.8 Å². The summed E-state index contributed by atoms with van der Waals surface area (Å²) in [5.41, 5.74) is 2.55. The Morgan fingerprint density at radius 2 is 2.12 bits per heavy atom. The Bertz CT molecular complexity index is 771. The molecule has 4 rings (SSSR count). The zero-order chi connectivity index (χ0) is 16.5. The van der Waals surface area contributed by atoms with Crippen molar-refractivity contribution in [3.8, 4) is 5.75 Å². The van der Waals surface area contributed by atoms with E-state index in [0.717, 1.165) is 54.9 Å². The van der Waals surface area contributed by atoms with Crippen molar-refractivity contribution in [3.05, 3.63) is 47.5 Å². The summed E-state index contributed by atoms with van der Waals surface area (Å²) in [4.78, 5) is 23.8. The fraction of sp³-hybridized carbons (Fsp3) is 0.421. The van der Waals surface area contributed by atoms with Crippen molar-refractivity contribution in [2.75, 3.05) is 18.6 Å². The van der Waals surface area contributed by atoms with Crippen LogP contribution >= 0.6 is 0 Å². The second-order valence-corrected chi connectivity index (χ2v) is 6.45. The minimum absolute atomic E-state index is 0.0456. The maximum Gasteiger partial charge on any atom is 0.277 e. The molecule has 24 heavy (non-hydrogen) atoms. The van der Waals surface area contributed by atoms with Gasteiger partial charge in [-0.2, -0.15) is 0 Å². The Morgan fingerprint density at radius 3 is 2.92 bits per heavy atom. The van der Waals surface area contributed by atoms with Gasteiger partial charge in [-0.15, -0.1) is 0 Å². The molecule has 5 heteroatoms. The third-order valence-electron chi connectivity index (χ3n) is 4.76. The number of anilines is 1. The zero-order valence-electron chi connectivity index (χ0n) is 13.9. The van der Waals surface area contributed by atoms with Crippen LogP contribution < -0.4 is 9.64 Å². The number of hydrogen-bond acceptors (Lipinski definition) is 4. The first-order chi connectivity index (χ1) is 11.8. The van der Waals surface area contributed by atoms with Crippen molar-refractivity contribution >= 4 is 11.6 Å². The minimum atomic E-state index is -0.0456. The lowest BCUT2D eigenvalue weighted by Gasteiger charge is -2.23. The molecule has 0 radical (unpaired) electrons. The number of amides is 1. The Kier molecular flexibility index (Phi) is 3.92. The van der Waals surface area contributed by atoms with Gasteiger partial charge in [-0.25, -0.2) is 9.97 Å². The number of benzene rings is 1. The molecule has 1 aromatic carbocycles. The lowest BCUT2D eigenvalue weighted by molar-refractivity contribution is 0.0981. The molecular formula is C19H21N3O2. The molecule has 0 unspecified atom stereocenters. The van der Waals surface area contributed by atoms with Gasteiger partial charge in [0.1, 0.15) is 17.3 Å². The Balaban J connectivity index is 1.71. The molecule has 1 aliphatic carbocycles. The number of fused-ring (bicyclic) bond motifs is 1. The third-order valence-corrected chi connectivity index (χ3v) is 4.76. The molecule has 1 aromatic heterocycles. The number of nitrogens with zero attached hydrogens (tertiary/aromatic N) is 3. The molecule has 0 saturated heterocycles. The second kappa shape index (κ2) is 6.23. The summed E-state index contributed by atoms with van der Waals surface area (Å²) in [5.74, 6) is 2.06. The fourth-order valence-electron chi connectivity index (χ4n) is 3.32. The van der Waals surface area contributed by atoms with Crippen LogP contribution in [0.2, 0.25) is 0 Å². The van der Waals surface area contributed by atoms with Gasteiger partial charge >= 0.3 is 0 Å². The molecule has 2 heterocycles. The SMILES string of the molecule is COc1cccc2c1CCCCN2C(=O)c1ccnc(C2CC2)n1. The van der Waals surface area contributed by atoms with Gasteiger partial charge < -0.3 is 9.64 Å². The van der Waals surface area contributed by atoms with E-state index in [1.54, 1.807) is 19.4 Å². The average molecular weight is 323 g/mol. The van der Waals surface area contributed by atoms with E-state index in [9.17, 15) is 4.79 Å². The lowest BCUT2D eigenvalue weighted by atomic mass is 10.1. The van der Waals surface area contributed by atoms with Crippen molar-refractivity contribution in [2.24, 2.45) is 0 Å². The first kappa shape index (κ1) is 15.1. The first-order valence-corrected chi connectivity index (χ1v) is 8.58. The topological polar surface area (TPSA) is 55.3 Å². The van der Waals surface area contributed by atoms with Crippen LogP contribution in [0.15, 0.2) is 30.5 Å². The Hall–Kier alpha value is -2.43. The van der Waals surface area contributed by atoms with Gasteiger partial charge in [0.25, 0.3) is 5.91 Å². The highest BCUT2D eigenvalue weighted by Crippen LogP contribution is 2.38. The smallest absolute Gasteiger partial charge is 0.277 e. The third kappa shape index (κ3) is 2.75. The minimum Gasteiger partial charge on any atom is -0.496 e. The highest BCUT2D eigenvalue weighted by Gasteiger charge is 2.29. The number of aromatic nitrogens is 2. The number of rotatable bonds is 3. The van der Waals surface area contributed by atoms with Crippen LogP contribution in [0.25, 0.3) is 0 Å². The monoisotopic (exact) mass is 323 g/mol. The maximum absolute atomic E-state index is 13.1. The van der Waals surface area contributed by atoms with Crippen molar-refractivity contribution in [1.82, 2.24) is 9.97 Å². The molecular weight excluding hydrogens is 302 g/mol. The number of methoxy groups -OCH3 is 1. The largest absolute Gasteiger partial charge is 0.496 e. The van der Waals surface area contributed by atoms with E-state index in [1.807, 2.05) is 23.1 Å². The van der Waals surface area contributed by atoms with Crippen LogP contribution in [0.1, 0.15) is 53.5 Å². The Labute approximate surface area is 141 Å². The van der Waals surface area contributed by atoms with Crippen LogP contribution in [0.4, 0.5) is 5.69 Å². The van der Waals surface area contributed by atoms with Crippen molar-refractivity contribution in [1.29, 1.82) is 0 Å². The van der Waals surface area contributed by atoms with E-state index < -0.39 is 0 Å². The molecule has 1 aliphatic heterocycles. The molecule has 1 saturated carbocycles. The molecule has 2 aliphatic rings. The summed E-state index contributed by atoms with van der Waals surface area (Å²) < 4.78 is 5.50. The molecule has 1 amide bonds. The zero-order valence-corrected chi connectivity index (χ0v) is 13.9. The van der Waals surface area contributed by atoms with Crippen LogP contribution in [0, 0.1) is 0 Å². The molecule has 1 fully saturated rings. The quantitative estimate of drug-likeness (QED) is 0.869. The molecule has 0 atom stereocenters. The number of hydrogen-bond donors (Lipinski definition) is 0. The van der Waals surface area contributed by atoms with E-state index >= 15 is 0 Å². The van der Waals surface area contributed by atoms with Gasteiger partial charge in [-0.1, -0.05) is 6.07 Å². The van der Waals surface area contributed by atoms with Crippen LogP contribution in [-0.4, -0.2) is 29.5 Å². The van der Waals surface area contributed by atoms with E-state index in [1.165, 1.54) is 0 Å². The van der Waals surface area contributed by atoms with Crippen molar-refractivity contribution in [3.63, 3.8) is 0 Å². The summed E-state index contributed by atoms with van der Waals surface area (Å²) in [6.45, 7) is 0.710. The van der Waals surface area contributed by atoms with E-state index in [-0.39, 0.29) is 5.91 Å². The van der Waals surface area contributed by atoms with Crippen LogP contribution in [0.5, 0.6) is 5.75 Å². The number of carbonyl (C=O) groups is 1. The normalized spacial score (nSPS) is 17.1. The molecule has 5 nitrogen and oxygen atoms in total. The van der Waals surface area contributed by atoms with Crippen molar-refractivity contribution < 1.29 is 9.53 Å². The highest BCUT2D eigenvalue weighted by atomic mass is 16.5. The van der Waals surface area contributed by atoms with Gasteiger partial charge in [0, 0.05) is 24.2 Å². The molecule has 124 valence electrons. The fourth-order valence-corrected chi connectivity index (χ4v) is 3.32. The van der Waals surface area contributed by atoms with E-state index in [2.05, 4.69) is 9.97 Å². The standard InChI is InChI=1S/C19H21N3O2/c1-24-17-7-4-6-16-14(17)5-2-3-12-22(16)19(23)15-10-11-20-18(21-15)13-8-9-13/h4,6-7,10-11,13H,2-3,5,8-9,12H2,1H3.